The Kier molecular flexibility index (Phi) is 4.03. The van der Waals surface area contributed by atoms with Crippen molar-refractivity contribution in [2.45, 2.75) is 40.8 Å². The number of rotatable bonds is 4. The first-order chi connectivity index (χ1) is 10.3. The molecule has 0 aromatic carbocycles. The molecular formula is C14H18N4O4. The van der Waals surface area contributed by atoms with Crippen molar-refractivity contribution >= 4 is 11.8 Å². The summed E-state index contributed by atoms with van der Waals surface area (Å²) in [7, 11) is 0. The molecule has 0 unspecified atom stereocenters. The van der Waals surface area contributed by atoms with Crippen LogP contribution < -0.4 is 21.8 Å². The molecule has 0 fully saturated rings. The van der Waals surface area contributed by atoms with Gasteiger partial charge in [-0.1, -0.05) is 0 Å². The van der Waals surface area contributed by atoms with Crippen LogP contribution in [-0.4, -0.2) is 20.8 Å². The molecule has 22 heavy (non-hydrogen) atoms. The molecule has 2 amide bonds. The highest BCUT2D eigenvalue weighted by Crippen LogP contribution is 2.10. The number of hydrogen-bond acceptors (Lipinski definition) is 4. The summed E-state index contributed by atoms with van der Waals surface area (Å²) < 4.78 is 2.53. The largest absolute Gasteiger partial charge is 0.351 e. The van der Waals surface area contributed by atoms with Crippen molar-refractivity contribution in [3.63, 3.8) is 0 Å². The van der Waals surface area contributed by atoms with Gasteiger partial charge in [-0.15, -0.1) is 0 Å². The molecule has 2 rings (SSSR count). The van der Waals surface area contributed by atoms with E-state index in [1.807, 2.05) is 0 Å². The molecule has 0 aliphatic rings. The Morgan fingerprint density at radius 3 is 1.50 bits per heavy atom. The smallest absolute Gasteiger partial charge is 0.277 e. The predicted octanol–water partition coefficient (Wildman–Crippen LogP) is -0.914. The lowest BCUT2D eigenvalue weighted by Gasteiger charge is -2.07. The van der Waals surface area contributed by atoms with Crippen LogP contribution in [0.1, 0.15) is 36.4 Å². The number of nitrogens with zero attached hydrogens (tertiary/aromatic N) is 2. The van der Waals surface area contributed by atoms with Gasteiger partial charge in [0.05, 0.1) is 24.5 Å². The third-order valence-corrected chi connectivity index (χ3v) is 3.61. The van der Waals surface area contributed by atoms with Crippen LogP contribution in [0.25, 0.3) is 0 Å². The highest BCUT2D eigenvalue weighted by Gasteiger charge is 2.22. The Morgan fingerprint density at radius 1 is 0.818 bits per heavy atom. The summed E-state index contributed by atoms with van der Waals surface area (Å²) in [4.78, 5) is 46.8. The van der Waals surface area contributed by atoms with Gasteiger partial charge in [-0.3, -0.25) is 19.2 Å². The van der Waals surface area contributed by atoms with Crippen LogP contribution in [-0.2, 0) is 22.7 Å². The minimum Gasteiger partial charge on any atom is -0.351 e. The Morgan fingerprint density at radius 2 is 1.18 bits per heavy atom. The van der Waals surface area contributed by atoms with E-state index in [1.54, 1.807) is 13.8 Å². The fourth-order valence-corrected chi connectivity index (χ4v) is 2.39. The van der Waals surface area contributed by atoms with Crippen molar-refractivity contribution in [3.05, 3.63) is 43.2 Å². The van der Waals surface area contributed by atoms with E-state index in [0.717, 1.165) is 4.52 Å². The second-order valence-electron chi connectivity index (χ2n) is 5.20. The van der Waals surface area contributed by atoms with Gasteiger partial charge in [0.15, 0.2) is 0 Å². The number of amides is 2. The molecule has 8 heteroatoms. The molecular weight excluding hydrogens is 288 g/mol. The fraction of sp³-hybridized carbons (Fsp3) is 0.429. The zero-order valence-electron chi connectivity index (χ0n) is 12.9. The number of fused-ring (bicyclic) bond motifs is 1. The molecule has 0 aliphatic heterocycles. The van der Waals surface area contributed by atoms with Crippen molar-refractivity contribution in [3.8, 4) is 0 Å². The molecule has 0 saturated heterocycles. The Hall–Kier alpha value is -2.64. The summed E-state index contributed by atoms with van der Waals surface area (Å²) in [5, 5.41) is 5.26. The lowest BCUT2D eigenvalue weighted by molar-refractivity contribution is -0.119. The van der Waals surface area contributed by atoms with Crippen LogP contribution in [0.15, 0.2) is 9.59 Å². The van der Waals surface area contributed by atoms with E-state index in [4.69, 9.17) is 0 Å². The maximum Gasteiger partial charge on any atom is 0.277 e. The Labute approximate surface area is 126 Å². The highest BCUT2D eigenvalue weighted by molar-refractivity contribution is 5.73. The number of carbonyl (C=O) groups excluding carboxylic acids is 2. The third kappa shape index (κ3) is 2.47. The number of nitrogens with one attached hydrogen (secondary N) is 2. The molecule has 2 N–H and O–H groups in total. The van der Waals surface area contributed by atoms with E-state index in [9.17, 15) is 19.2 Å². The lowest BCUT2D eigenvalue weighted by atomic mass is 10.2. The SMILES string of the molecule is CC(=O)NCc1c(C)c(=O)n2c(=O)c(C)c(CNC(C)=O)n12. The van der Waals surface area contributed by atoms with Gasteiger partial charge in [-0.05, 0) is 13.8 Å². The lowest BCUT2D eigenvalue weighted by Crippen LogP contribution is -2.24. The molecule has 2 aromatic rings. The first-order valence-corrected chi connectivity index (χ1v) is 6.83. The predicted molar refractivity (Wildman–Crippen MR) is 79.1 cm³/mol. The third-order valence-electron chi connectivity index (χ3n) is 3.61. The molecule has 2 aromatic heterocycles. The molecule has 118 valence electrons. The van der Waals surface area contributed by atoms with Gasteiger partial charge in [0.1, 0.15) is 0 Å². The van der Waals surface area contributed by atoms with Crippen LogP contribution in [0.5, 0.6) is 0 Å². The quantitative estimate of drug-likeness (QED) is 0.763. The molecule has 0 radical (unpaired) electrons. The maximum atomic E-state index is 12.3. The molecule has 0 spiro atoms. The first-order valence-electron chi connectivity index (χ1n) is 6.83. The zero-order chi connectivity index (χ0) is 16.6. The van der Waals surface area contributed by atoms with Crippen LogP contribution >= 0.6 is 0 Å². The van der Waals surface area contributed by atoms with Crippen molar-refractivity contribution in [2.24, 2.45) is 0 Å². The van der Waals surface area contributed by atoms with Gasteiger partial charge in [0, 0.05) is 25.0 Å². The second kappa shape index (κ2) is 5.63. The van der Waals surface area contributed by atoms with E-state index in [1.165, 1.54) is 18.4 Å². The summed E-state index contributed by atoms with van der Waals surface area (Å²) in [5.41, 5.74) is 1.03. The van der Waals surface area contributed by atoms with Crippen LogP contribution in [0, 0.1) is 13.8 Å². The summed E-state index contributed by atoms with van der Waals surface area (Å²) in [6.45, 7) is 6.23. The van der Waals surface area contributed by atoms with Gasteiger partial charge in [0.2, 0.25) is 11.8 Å². The van der Waals surface area contributed by atoms with Gasteiger partial charge < -0.3 is 10.6 Å². The van der Waals surface area contributed by atoms with Crippen molar-refractivity contribution < 1.29 is 9.59 Å². The average Bonchev–Trinajstić information content (AvgIpc) is 2.81. The molecule has 0 saturated carbocycles. The number of hydrogen-bond donors (Lipinski definition) is 2. The standard InChI is InChI=1S/C14H18N4O4/c1-7-11(5-15-9(3)19)17-12(6-16-10(4)20)8(2)14(22)18(17)13(7)21/h5-6H2,1-4H3,(H,15,19)(H,16,20). The van der Waals surface area contributed by atoms with Gasteiger partial charge in [0.25, 0.3) is 11.1 Å². The number of carbonyl (C=O) groups is 2. The first kappa shape index (κ1) is 15.7. The second-order valence-corrected chi connectivity index (χ2v) is 5.20. The van der Waals surface area contributed by atoms with E-state index in [0.29, 0.717) is 22.5 Å². The summed E-state index contributed by atoms with van der Waals surface area (Å²) in [6.07, 6.45) is 0. The average molecular weight is 306 g/mol. The molecule has 2 heterocycles. The minimum atomic E-state index is -0.414. The summed E-state index contributed by atoms with van der Waals surface area (Å²) >= 11 is 0. The topological polar surface area (TPSA) is 101 Å². The molecule has 0 atom stereocenters. The normalized spacial score (nSPS) is 10.9. The van der Waals surface area contributed by atoms with E-state index >= 15 is 0 Å². The maximum absolute atomic E-state index is 12.3. The summed E-state index contributed by atoms with van der Waals surface area (Å²) in [6, 6.07) is 0. The Balaban J connectivity index is 2.68. The molecule has 8 nitrogen and oxygen atoms in total. The van der Waals surface area contributed by atoms with E-state index < -0.39 is 11.1 Å². The molecule has 0 aliphatic carbocycles. The Bertz CT molecular complexity index is 795. The van der Waals surface area contributed by atoms with Crippen molar-refractivity contribution in [1.29, 1.82) is 0 Å². The van der Waals surface area contributed by atoms with Crippen molar-refractivity contribution in [2.75, 3.05) is 0 Å². The highest BCUT2D eigenvalue weighted by atomic mass is 16.2. The summed E-state index contributed by atoms with van der Waals surface area (Å²) in [5.74, 6) is -0.471. The monoisotopic (exact) mass is 306 g/mol. The van der Waals surface area contributed by atoms with Gasteiger partial charge in [-0.25, -0.2) is 4.52 Å². The van der Waals surface area contributed by atoms with Crippen molar-refractivity contribution in [1.82, 2.24) is 19.7 Å². The van der Waals surface area contributed by atoms with Crippen LogP contribution in [0.3, 0.4) is 0 Å². The molecule has 0 bridgehead atoms. The van der Waals surface area contributed by atoms with Crippen LogP contribution in [0.4, 0.5) is 0 Å². The van der Waals surface area contributed by atoms with Crippen LogP contribution in [0.2, 0.25) is 0 Å². The minimum absolute atomic E-state index is 0.132. The van der Waals surface area contributed by atoms with Gasteiger partial charge in [-0.2, -0.15) is 4.52 Å². The zero-order valence-corrected chi connectivity index (χ0v) is 12.9. The van der Waals surface area contributed by atoms with E-state index in [2.05, 4.69) is 10.6 Å². The van der Waals surface area contributed by atoms with E-state index in [-0.39, 0.29) is 24.9 Å². The van der Waals surface area contributed by atoms with Gasteiger partial charge >= 0.3 is 0 Å². The fourth-order valence-electron chi connectivity index (χ4n) is 2.39. The number of aromatic nitrogens is 2.